The molecule has 12 nitrogen and oxygen atoms in total. The molecule has 2 aromatic heterocycles. The number of ether oxygens (including phenoxy) is 3. The Hall–Kier alpha value is -6.43. The van der Waals surface area contributed by atoms with E-state index in [0.29, 0.717) is 28.2 Å². The van der Waals surface area contributed by atoms with Gasteiger partial charge in [-0.25, -0.2) is 4.79 Å². The van der Waals surface area contributed by atoms with E-state index < -0.39 is 17.1 Å². The third-order valence-corrected chi connectivity index (χ3v) is 7.04. The van der Waals surface area contributed by atoms with Crippen LogP contribution < -0.4 is 20.3 Å². The van der Waals surface area contributed by atoms with E-state index in [1.807, 2.05) is 0 Å². The molecule has 0 unspecified atom stereocenters. The van der Waals surface area contributed by atoms with Crippen molar-refractivity contribution >= 4 is 27.9 Å². The molecule has 4 N–H and O–H groups in total. The number of hydrogen-bond acceptors (Lipinski definition) is 12. The molecule has 240 valence electrons. The van der Waals surface area contributed by atoms with E-state index in [1.54, 1.807) is 62.6 Å². The number of phenols is 4. The Balaban J connectivity index is 0.000000189. The normalized spacial score (nSPS) is 10.7. The van der Waals surface area contributed by atoms with Gasteiger partial charge in [0.15, 0.2) is 0 Å². The SMILES string of the molecule is CCOC(=O)c1oc2cc(O)cc(O)c2c(=O)c1-c1ccc(OC)cc1.COc1ccc(-c2coc3cc(O)cc(O)c3c2=O)cc1. The second-order valence-corrected chi connectivity index (χ2v) is 9.97. The summed E-state index contributed by atoms with van der Waals surface area (Å²) >= 11 is 0. The maximum Gasteiger partial charge on any atom is 0.375 e. The van der Waals surface area contributed by atoms with E-state index in [1.165, 1.54) is 19.4 Å². The first kappa shape index (κ1) is 32.0. The highest BCUT2D eigenvalue weighted by atomic mass is 16.5. The Morgan fingerprint density at radius 3 is 1.74 bits per heavy atom. The number of benzene rings is 4. The van der Waals surface area contributed by atoms with Crippen molar-refractivity contribution in [3.05, 3.63) is 105 Å². The summed E-state index contributed by atoms with van der Waals surface area (Å²) < 4.78 is 26.0. The van der Waals surface area contributed by atoms with Gasteiger partial charge in [-0.3, -0.25) is 9.59 Å². The zero-order valence-corrected chi connectivity index (χ0v) is 25.3. The number of fused-ring (bicyclic) bond motifs is 2. The molecule has 2 heterocycles. The molecule has 0 atom stereocenters. The van der Waals surface area contributed by atoms with E-state index in [4.69, 9.17) is 23.0 Å². The van der Waals surface area contributed by atoms with Crippen molar-refractivity contribution in [2.75, 3.05) is 20.8 Å². The molecule has 0 amide bonds. The molecule has 6 aromatic rings. The van der Waals surface area contributed by atoms with Crippen LogP contribution in [-0.2, 0) is 4.74 Å². The highest BCUT2D eigenvalue weighted by Crippen LogP contribution is 2.33. The van der Waals surface area contributed by atoms with Crippen molar-refractivity contribution in [1.82, 2.24) is 0 Å². The molecule has 6 rings (SSSR count). The Morgan fingerprint density at radius 2 is 1.21 bits per heavy atom. The molecule has 0 radical (unpaired) electrons. The van der Waals surface area contributed by atoms with Gasteiger partial charge in [-0.15, -0.1) is 0 Å². The minimum absolute atomic E-state index is 0.0420. The number of phenolic OH excluding ortho intramolecular Hbond substituents is 4. The largest absolute Gasteiger partial charge is 0.508 e. The van der Waals surface area contributed by atoms with Crippen LogP contribution in [0.2, 0.25) is 0 Å². The summed E-state index contributed by atoms with van der Waals surface area (Å²) in [6.45, 7) is 1.72. The Bertz CT molecular complexity index is 2210. The lowest BCUT2D eigenvalue weighted by Gasteiger charge is -2.11. The number of carbonyl (C=O) groups is 1. The molecular weight excluding hydrogens is 612 g/mol. The molecule has 12 heteroatoms. The smallest absolute Gasteiger partial charge is 0.375 e. The van der Waals surface area contributed by atoms with Gasteiger partial charge in [-0.1, -0.05) is 24.3 Å². The molecular formula is C35H28O12. The van der Waals surface area contributed by atoms with Crippen LogP contribution in [0.1, 0.15) is 17.5 Å². The molecule has 0 bridgehead atoms. The third kappa shape index (κ3) is 6.38. The van der Waals surface area contributed by atoms with Gasteiger partial charge >= 0.3 is 5.97 Å². The lowest BCUT2D eigenvalue weighted by Crippen LogP contribution is -2.15. The van der Waals surface area contributed by atoms with Gasteiger partial charge in [0.05, 0.1) is 32.0 Å². The molecule has 0 saturated heterocycles. The molecule has 0 aliphatic heterocycles. The Kier molecular flexibility index (Phi) is 9.04. The van der Waals surface area contributed by atoms with Gasteiger partial charge in [-0.05, 0) is 42.3 Å². The van der Waals surface area contributed by atoms with Crippen molar-refractivity contribution in [3.8, 4) is 56.8 Å². The second kappa shape index (κ2) is 13.3. The van der Waals surface area contributed by atoms with Gasteiger partial charge in [0.2, 0.25) is 16.6 Å². The van der Waals surface area contributed by atoms with Crippen LogP contribution in [0.4, 0.5) is 0 Å². The number of carbonyl (C=O) groups excluding carboxylic acids is 1. The summed E-state index contributed by atoms with van der Waals surface area (Å²) in [6.07, 6.45) is 1.31. The quantitative estimate of drug-likeness (QED) is 0.157. The van der Waals surface area contributed by atoms with Gasteiger partial charge < -0.3 is 43.5 Å². The van der Waals surface area contributed by atoms with E-state index in [2.05, 4.69) is 0 Å². The van der Waals surface area contributed by atoms with Gasteiger partial charge in [0.1, 0.15) is 62.7 Å². The summed E-state index contributed by atoms with van der Waals surface area (Å²) in [4.78, 5) is 37.8. The zero-order valence-electron chi connectivity index (χ0n) is 25.3. The fourth-order valence-corrected chi connectivity index (χ4v) is 4.83. The van der Waals surface area contributed by atoms with E-state index in [-0.39, 0.29) is 62.5 Å². The van der Waals surface area contributed by atoms with Crippen molar-refractivity contribution in [2.45, 2.75) is 6.92 Å². The number of esters is 1. The van der Waals surface area contributed by atoms with Crippen LogP contribution in [0.25, 0.3) is 44.2 Å². The number of aromatic hydroxyl groups is 4. The average Bonchev–Trinajstić information content (AvgIpc) is 3.04. The highest BCUT2D eigenvalue weighted by molar-refractivity contribution is 5.99. The summed E-state index contributed by atoms with van der Waals surface area (Å²) in [5, 5.41) is 38.9. The van der Waals surface area contributed by atoms with Gasteiger partial charge in [0.25, 0.3) is 0 Å². The van der Waals surface area contributed by atoms with Crippen molar-refractivity contribution < 1.29 is 48.3 Å². The molecule has 0 fully saturated rings. The van der Waals surface area contributed by atoms with Crippen molar-refractivity contribution in [3.63, 3.8) is 0 Å². The number of methoxy groups -OCH3 is 2. The molecule has 0 saturated carbocycles. The van der Waals surface area contributed by atoms with Gasteiger partial charge in [-0.2, -0.15) is 0 Å². The van der Waals surface area contributed by atoms with Crippen molar-refractivity contribution in [2.24, 2.45) is 0 Å². The zero-order chi connectivity index (χ0) is 33.8. The van der Waals surface area contributed by atoms with Crippen LogP contribution in [-0.4, -0.2) is 47.2 Å². The van der Waals surface area contributed by atoms with Crippen LogP contribution in [0.15, 0.2) is 97.5 Å². The fourth-order valence-electron chi connectivity index (χ4n) is 4.83. The van der Waals surface area contributed by atoms with Crippen LogP contribution in [0, 0.1) is 0 Å². The predicted octanol–water partition coefficient (Wildman–Crippen LogP) is 5.94. The van der Waals surface area contributed by atoms with Crippen LogP contribution >= 0.6 is 0 Å². The van der Waals surface area contributed by atoms with E-state index >= 15 is 0 Å². The van der Waals surface area contributed by atoms with Crippen LogP contribution in [0.3, 0.4) is 0 Å². The Labute approximate surface area is 265 Å². The standard InChI is InChI=1S/C19H16O7.C16H12O5/c1-3-25-19(23)18-15(10-4-6-12(24-2)7-5-10)17(22)16-13(21)8-11(20)9-14(16)26-18;1-20-11-4-2-9(3-5-11)12-8-21-14-7-10(17)6-13(18)15(14)16(12)19/h4-9,20-21H,3H2,1-2H3;2-8,17-18H,1H3. The fraction of sp³-hybridized carbons (Fsp3) is 0.114. The predicted molar refractivity (Wildman–Crippen MR) is 172 cm³/mol. The van der Waals surface area contributed by atoms with E-state index in [9.17, 15) is 34.8 Å². The first-order valence-electron chi connectivity index (χ1n) is 14.0. The maximum absolute atomic E-state index is 13.0. The minimum atomic E-state index is -0.819. The van der Waals surface area contributed by atoms with E-state index in [0.717, 1.165) is 18.2 Å². The summed E-state index contributed by atoms with van der Waals surface area (Å²) in [5.41, 5.74) is 0.375. The molecule has 0 spiro atoms. The third-order valence-electron chi connectivity index (χ3n) is 7.04. The topological polar surface area (TPSA) is 186 Å². The lowest BCUT2D eigenvalue weighted by molar-refractivity contribution is 0.0492. The lowest BCUT2D eigenvalue weighted by atomic mass is 10.0. The molecule has 4 aromatic carbocycles. The first-order valence-corrected chi connectivity index (χ1v) is 14.0. The van der Waals surface area contributed by atoms with Crippen molar-refractivity contribution in [1.29, 1.82) is 0 Å². The Morgan fingerprint density at radius 1 is 0.702 bits per heavy atom. The minimum Gasteiger partial charge on any atom is -0.508 e. The molecule has 47 heavy (non-hydrogen) atoms. The summed E-state index contributed by atoms with van der Waals surface area (Å²) in [5.74, 6) is -1.10. The van der Waals surface area contributed by atoms with Gasteiger partial charge in [0, 0.05) is 24.3 Å². The monoisotopic (exact) mass is 640 g/mol. The summed E-state index contributed by atoms with van der Waals surface area (Å²) in [7, 11) is 3.07. The first-order chi connectivity index (χ1) is 22.6. The summed E-state index contributed by atoms with van der Waals surface area (Å²) in [6, 6.07) is 17.9. The number of hydrogen-bond donors (Lipinski definition) is 4. The molecule has 0 aliphatic carbocycles. The number of rotatable bonds is 6. The highest BCUT2D eigenvalue weighted by Gasteiger charge is 2.25. The van der Waals surface area contributed by atoms with Crippen LogP contribution in [0.5, 0.6) is 34.5 Å². The molecule has 0 aliphatic rings. The second-order valence-electron chi connectivity index (χ2n) is 9.97. The maximum atomic E-state index is 13.0. The average molecular weight is 641 g/mol.